The highest BCUT2D eigenvalue weighted by Gasteiger charge is 2.19. The van der Waals surface area contributed by atoms with Gasteiger partial charge in [0.1, 0.15) is 11.3 Å². The maximum absolute atomic E-state index is 6.63. The normalized spacial score (nSPS) is 11.7. The first kappa shape index (κ1) is 33.9. The Labute approximate surface area is 345 Å². The number of benzene rings is 8. The minimum absolute atomic E-state index is 0.675. The van der Waals surface area contributed by atoms with E-state index in [4.69, 9.17) is 19.4 Å². The highest BCUT2D eigenvalue weighted by molar-refractivity contribution is 6.21. The van der Waals surface area contributed by atoms with E-state index in [0.717, 1.165) is 83.4 Å². The van der Waals surface area contributed by atoms with Crippen molar-refractivity contribution in [3.05, 3.63) is 206 Å². The number of rotatable bonds is 6. The molecule has 0 atom stereocenters. The molecule has 0 unspecified atom stereocenters. The summed E-state index contributed by atoms with van der Waals surface area (Å²) in [6, 6.07) is 71.9. The van der Waals surface area contributed by atoms with Gasteiger partial charge in [-0.15, -0.1) is 0 Å². The van der Waals surface area contributed by atoms with Crippen molar-refractivity contribution < 1.29 is 4.42 Å². The van der Waals surface area contributed by atoms with E-state index in [2.05, 4.69) is 174 Å². The van der Waals surface area contributed by atoms with Crippen LogP contribution in [0.2, 0.25) is 0 Å². The van der Waals surface area contributed by atoms with Gasteiger partial charge in [0.05, 0.1) is 27.9 Å². The first-order chi connectivity index (χ1) is 29.7. The summed E-state index contributed by atoms with van der Waals surface area (Å²) in [5, 5.41) is 5.71. The number of aromatic nitrogens is 4. The molecule has 0 spiro atoms. The Morgan fingerprint density at radius 1 is 0.367 bits per heavy atom. The van der Waals surface area contributed by atoms with Gasteiger partial charge >= 0.3 is 0 Å². The number of para-hydroxylation sites is 3. The Balaban J connectivity index is 0.956. The van der Waals surface area contributed by atoms with Gasteiger partial charge < -0.3 is 8.98 Å². The summed E-state index contributed by atoms with van der Waals surface area (Å²) in [7, 11) is 0. The lowest BCUT2D eigenvalue weighted by Gasteiger charge is -2.12. The van der Waals surface area contributed by atoms with Gasteiger partial charge in [0, 0.05) is 54.9 Å². The summed E-state index contributed by atoms with van der Waals surface area (Å²) >= 11 is 0. The number of nitrogens with zero attached hydrogens (tertiary/aromatic N) is 4. The summed E-state index contributed by atoms with van der Waals surface area (Å²) in [6.07, 6.45) is 0. The molecule has 0 saturated heterocycles. The van der Waals surface area contributed by atoms with Crippen molar-refractivity contribution in [2.75, 3.05) is 0 Å². The molecule has 0 aliphatic rings. The first-order valence-electron chi connectivity index (χ1n) is 20.2. The van der Waals surface area contributed by atoms with E-state index >= 15 is 0 Å². The fourth-order valence-corrected chi connectivity index (χ4v) is 8.73. The van der Waals surface area contributed by atoms with Crippen LogP contribution in [-0.4, -0.2) is 19.5 Å². The standard InChI is InChI=1S/C55H34N4O/c1-3-13-35(14-4-1)40-29-32-46-45(33-40)52-44-19-9-12-22-51(44)60-54(52)53(56-46)38-25-23-36(24-26-38)47-34-48(58-55(57-47)39-15-5-2-6-16-39)37-27-30-41(31-28-37)59-49-20-10-7-17-42(49)43-18-8-11-21-50(43)59/h1-34H. The van der Waals surface area contributed by atoms with Crippen molar-refractivity contribution in [2.24, 2.45) is 0 Å². The highest BCUT2D eigenvalue weighted by atomic mass is 16.3. The third kappa shape index (κ3) is 5.59. The second-order valence-corrected chi connectivity index (χ2v) is 15.2. The van der Waals surface area contributed by atoms with E-state index < -0.39 is 0 Å². The second-order valence-electron chi connectivity index (χ2n) is 15.2. The lowest BCUT2D eigenvalue weighted by Crippen LogP contribution is -1.97. The van der Waals surface area contributed by atoms with Crippen LogP contribution in [0.15, 0.2) is 211 Å². The molecule has 8 aromatic carbocycles. The molecule has 5 nitrogen and oxygen atoms in total. The van der Waals surface area contributed by atoms with E-state index in [1.165, 1.54) is 27.4 Å². The number of hydrogen-bond acceptors (Lipinski definition) is 4. The van der Waals surface area contributed by atoms with E-state index in [0.29, 0.717) is 5.82 Å². The second kappa shape index (κ2) is 13.8. The first-order valence-corrected chi connectivity index (χ1v) is 20.2. The van der Waals surface area contributed by atoms with Crippen LogP contribution in [0, 0.1) is 0 Å². The molecule has 4 aromatic heterocycles. The number of pyridine rings is 1. The van der Waals surface area contributed by atoms with Crippen LogP contribution in [0.5, 0.6) is 0 Å². The molecule has 0 fully saturated rings. The van der Waals surface area contributed by atoms with Crippen molar-refractivity contribution in [1.82, 2.24) is 19.5 Å². The minimum atomic E-state index is 0.675. The predicted octanol–water partition coefficient (Wildman–Crippen LogP) is 14.4. The SMILES string of the molecule is c1ccc(-c2ccc3nc(-c4ccc(-c5cc(-c6ccc(-n7c8ccccc8c8ccccc87)cc6)nc(-c6ccccc6)n5)cc4)c4oc5ccccc5c4c3c2)cc1. The van der Waals surface area contributed by atoms with Crippen LogP contribution < -0.4 is 0 Å². The molecule has 12 rings (SSSR count). The van der Waals surface area contributed by atoms with Gasteiger partial charge in [-0.2, -0.15) is 0 Å². The van der Waals surface area contributed by atoms with E-state index in [1.54, 1.807) is 0 Å². The fraction of sp³-hybridized carbons (Fsp3) is 0. The molecule has 0 aliphatic carbocycles. The lowest BCUT2D eigenvalue weighted by molar-refractivity contribution is 0.669. The molecular weight excluding hydrogens is 733 g/mol. The number of fused-ring (bicyclic) bond motifs is 8. The van der Waals surface area contributed by atoms with Gasteiger partial charge in [-0.25, -0.2) is 15.0 Å². The van der Waals surface area contributed by atoms with Gasteiger partial charge in [-0.1, -0.05) is 158 Å². The summed E-state index contributed by atoms with van der Waals surface area (Å²) in [6.45, 7) is 0. The Kier molecular flexibility index (Phi) is 7.78. The smallest absolute Gasteiger partial charge is 0.162 e. The topological polar surface area (TPSA) is 56.7 Å². The third-order valence-corrected chi connectivity index (χ3v) is 11.6. The van der Waals surface area contributed by atoms with E-state index in [-0.39, 0.29) is 0 Å². The highest BCUT2D eigenvalue weighted by Crippen LogP contribution is 2.41. The van der Waals surface area contributed by atoms with Crippen LogP contribution in [0.1, 0.15) is 0 Å². The summed E-state index contributed by atoms with van der Waals surface area (Å²) in [5.74, 6) is 0.675. The van der Waals surface area contributed by atoms with Gasteiger partial charge in [0.25, 0.3) is 0 Å². The van der Waals surface area contributed by atoms with Crippen LogP contribution in [-0.2, 0) is 0 Å². The van der Waals surface area contributed by atoms with Crippen molar-refractivity contribution in [3.63, 3.8) is 0 Å². The summed E-state index contributed by atoms with van der Waals surface area (Å²) in [5.41, 5.74) is 14.7. The predicted molar refractivity (Wildman–Crippen MR) is 246 cm³/mol. The van der Waals surface area contributed by atoms with E-state index in [9.17, 15) is 0 Å². The molecule has 0 bridgehead atoms. The Bertz CT molecular complexity index is 3520. The molecule has 0 saturated carbocycles. The zero-order valence-corrected chi connectivity index (χ0v) is 32.3. The average molecular weight is 767 g/mol. The van der Waals surface area contributed by atoms with Crippen LogP contribution in [0.3, 0.4) is 0 Å². The third-order valence-electron chi connectivity index (χ3n) is 11.6. The maximum Gasteiger partial charge on any atom is 0.162 e. The number of hydrogen-bond donors (Lipinski definition) is 0. The van der Waals surface area contributed by atoms with Crippen LogP contribution in [0.25, 0.3) is 117 Å². The van der Waals surface area contributed by atoms with Crippen molar-refractivity contribution in [2.45, 2.75) is 0 Å². The quantitative estimate of drug-likeness (QED) is 0.169. The van der Waals surface area contributed by atoms with Gasteiger partial charge in [0.15, 0.2) is 11.4 Å². The molecule has 12 aromatic rings. The van der Waals surface area contributed by atoms with Crippen LogP contribution >= 0.6 is 0 Å². The zero-order valence-electron chi connectivity index (χ0n) is 32.3. The lowest BCUT2D eigenvalue weighted by atomic mass is 9.98. The Morgan fingerprint density at radius 2 is 0.900 bits per heavy atom. The Hall–Kier alpha value is -8.15. The molecule has 4 heterocycles. The van der Waals surface area contributed by atoms with Gasteiger partial charge in [-0.05, 0) is 59.7 Å². The van der Waals surface area contributed by atoms with Crippen LogP contribution in [0.4, 0.5) is 0 Å². The van der Waals surface area contributed by atoms with Gasteiger partial charge in [0.2, 0.25) is 0 Å². The summed E-state index contributed by atoms with van der Waals surface area (Å²) in [4.78, 5) is 15.5. The van der Waals surface area contributed by atoms with Crippen molar-refractivity contribution >= 4 is 54.6 Å². The molecule has 0 aliphatic heterocycles. The molecule has 0 N–H and O–H groups in total. The molecule has 0 amide bonds. The molecular formula is C55H34N4O. The Morgan fingerprint density at radius 3 is 1.57 bits per heavy atom. The van der Waals surface area contributed by atoms with E-state index in [1.807, 2.05) is 36.4 Å². The maximum atomic E-state index is 6.63. The zero-order chi connectivity index (χ0) is 39.6. The largest absolute Gasteiger partial charge is 0.454 e. The minimum Gasteiger partial charge on any atom is -0.454 e. The average Bonchev–Trinajstić information content (AvgIpc) is 3.89. The molecule has 60 heavy (non-hydrogen) atoms. The van der Waals surface area contributed by atoms with Gasteiger partial charge in [-0.3, -0.25) is 0 Å². The molecule has 0 radical (unpaired) electrons. The fourth-order valence-electron chi connectivity index (χ4n) is 8.73. The molecule has 280 valence electrons. The monoisotopic (exact) mass is 766 g/mol. The van der Waals surface area contributed by atoms with Crippen molar-refractivity contribution in [3.8, 4) is 62.0 Å². The van der Waals surface area contributed by atoms with Crippen molar-refractivity contribution in [1.29, 1.82) is 0 Å². The number of furan rings is 1. The summed E-state index contributed by atoms with van der Waals surface area (Å²) < 4.78 is 8.96. The molecule has 5 heteroatoms.